The van der Waals surface area contributed by atoms with Gasteiger partial charge in [-0.15, -0.1) is 0 Å². The molecule has 23 heavy (non-hydrogen) atoms. The van der Waals surface area contributed by atoms with Gasteiger partial charge in [0.2, 0.25) is 5.91 Å². The van der Waals surface area contributed by atoms with Crippen LogP contribution in [0.15, 0.2) is 42.0 Å². The van der Waals surface area contributed by atoms with E-state index in [1.807, 2.05) is 18.2 Å². The third-order valence-corrected chi connectivity index (χ3v) is 4.45. The van der Waals surface area contributed by atoms with Crippen LogP contribution in [0, 0.1) is 17.3 Å². The molecule has 2 N–H and O–H groups in total. The first-order valence-corrected chi connectivity index (χ1v) is 8.10. The third-order valence-electron chi connectivity index (χ3n) is 4.45. The Balaban J connectivity index is 1.74. The summed E-state index contributed by atoms with van der Waals surface area (Å²) < 4.78 is 0. The van der Waals surface area contributed by atoms with Crippen LogP contribution < -0.4 is 10.6 Å². The maximum Gasteiger partial charge on any atom is 0.251 e. The molecule has 0 spiro atoms. The fourth-order valence-electron chi connectivity index (χ4n) is 3.01. The van der Waals surface area contributed by atoms with E-state index >= 15 is 0 Å². The molecule has 4 heteroatoms. The van der Waals surface area contributed by atoms with Crippen LogP contribution in [0.3, 0.4) is 0 Å². The highest BCUT2D eigenvalue weighted by Crippen LogP contribution is 2.59. The minimum absolute atomic E-state index is 0.0225. The molecular formula is C19H26N2O2. The molecule has 0 bridgehead atoms. The number of amides is 2. The number of carbonyl (C=O) groups excluding carboxylic acids is 2. The van der Waals surface area contributed by atoms with Crippen molar-refractivity contribution in [2.75, 3.05) is 13.1 Å². The van der Waals surface area contributed by atoms with Gasteiger partial charge in [0.05, 0.1) is 5.92 Å². The van der Waals surface area contributed by atoms with E-state index in [1.165, 1.54) is 5.57 Å². The monoisotopic (exact) mass is 314 g/mol. The number of allylic oxidation sites excluding steroid dienone is 2. The summed E-state index contributed by atoms with van der Waals surface area (Å²) in [6.45, 7) is 9.24. The third kappa shape index (κ3) is 4.21. The first-order chi connectivity index (χ1) is 10.8. The Bertz CT molecular complexity index is 601. The quantitative estimate of drug-likeness (QED) is 0.626. The van der Waals surface area contributed by atoms with E-state index in [-0.39, 0.29) is 23.1 Å². The molecular weight excluding hydrogens is 288 g/mol. The lowest BCUT2D eigenvalue weighted by Gasteiger charge is -2.08. The van der Waals surface area contributed by atoms with Crippen molar-refractivity contribution in [3.63, 3.8) is 0 Å². The molecule has 1 aliphatic carbocycles. The van der Waals surface area contributed by atoms with E-state index in [2.05, 4.69) is 44.4 Å². The Hall–Kier alpha value is -2.10. The minimum Gasteiger partial charge on any atom is -0.354 e. The Morgan fingerprint density at radius 1 is 1.09 bits per heavy atom. The first-order valence-electron chi connectivity index (χ1n) is 8.10. The van der Waals surface area contributed by atoms with E-state index < -0.39 is 0 Å². The van der Waals surface area contributed by atoms with Crippen LogP contribution in [0.25, 0.3) is 0 Å². The van der Waals surface area contributed by atoms with E-state index in [9.17, 15) is 9.59 Å². The van der Waals surface area contributed by atoms with Gasteiger partial charge in [-0.25, -0.2) is 0 Å². The zero-order valence-corrected chi connectivity index (χ0v) is 14.3. The summed E-state index contributed by atoms with van der Waals surface area (Å²) in [6, 6.07) is 9.07. The van der Waals surface area contributed by atoms with Crippen molar-refractivity contribution < 1.29 is 9.59 Å². The summed E-state index contributed by atoms with van der Waals surface area (Å²) in [5.74, 6) is 0.300. The van der Waals surface area contributed by atoms with Crippen molar-refractivity contribution in [2.24, 2.45) is 17.3 Å². The van der Waals surface area contributed by atoms with Gasteiger partial charge in [-0.3, -0.25) is 9.59 Å². The number of hydrogen-bond donors (Lipinski definition) is 2. The molecule has 1 saturated carbocycles. The van der Waals surface area contributed by atoms with Crippen LogP contribution in [-0.2, 0) is 4.79 Å². The number of benzene rings is 1. The second kappa shape index (κ2) is 6.99. The summed E-state index contributed by atoms with van der Waals surface area (Å²) in [6.07, 6.45) is 2.18. The topological polar surface area (TPSA) is 58.2 Å². The summed E-state index contributed by atoms with van der Waals surface area (Å²) in [5, 5.41) is 5.74. The van der Waals surface area contributed by atoms with Crippen LogP contribution in [-0.4, -0.2) is 24.9 Å². The molecule has 1 aliphatic rings. The average Bonchev–Trinajstić information content (AvgIpc) is 3.04. The molecule has 124 valence electrons. The van der Waals surface area contributed by atoms with Gasteiger partial charge >= 0.3 is 0 Å². The van der Waals surface area contributed by atoms with Crippen molar-refractivity contribution in [3.05, 3.63) is 47.5 Å². The molecule has 1 aromatic rings. The van der Waals surface area contributed by atoms with E-state index in [0.717, 1.165) is 0 Å². The molecule has 0 unspecified atom stereocenters. The SMILES string of the molecule is CC(C)=C[C@H]1[C@H](C(=O)NCCNC(=O)c2ccccc2)C1(C)C. The van der Waals surface area contributed by atoms with Crippen LogP contribution >= 0.6 is 0 Å². The lowest BCUT2D eigenvalue weighted by molar-refractivity contribution is -0.123. The maximum absolute atomic E-state index is 12.3. The predicted octanol–water partition coefficient (Wildman–Crippen LogP) is 2.77. The zero-order valence-electron chi connectivity index (χ0n) is 14.3. The lowest BCUT2D eigenvalue weighted by atomic mass is 10.1. The lowest BCUT2D eigenvalue weighted by Crippen LogP contribution is -2.36. The molecule has 2 rings (SSSR count). The fraction of sp³-hybridized carbons (Fsp3) is 0.474. The smallest absolute Gasteiger partial charge is 0.251 e. The first kappa shape index (κ1) is 17.3. The molecule has 0 aromatic heterocycles. The maximum atomic E-state index is 12.3. The van der Waals surface area contributed by atoms with Gasteiger partial charge in [0.15, 0.2) is 0 Å². The second-order valence-corrected chi connectivity index (χ2v) is 6.98. The molecule has 0 saturated heterocycles. The Morgan fingerprint density at radius 3 is 2.30 bits per heavy atom. The number of nitrogens with one attached hydrogen (secondary N) is 2. The standard InChI is InChI=1S/C19H26N2O2/c1-13(2)12-15-16(19(15,3)4)18(23)21-11-10-20-17(22)14-8-6-5-7-9-14/h5-9,12,15-16H,10-11H2,1-4H3,(H,20,22)(H,21,23)/t15-,16+/m0/s1. The molecule has 1 aromatic carbocycles. The average molecular weight is 314 g/mol. The van der Waals surface area contributed by atoms with Gasteiger partial charge in [0, 0.05) is 18.7 Å². The Kier molecular flexibility index (Phi) is 5.24. The van der Waals surface area contributed by atoms with Crippen molar-refractivity contribution in [1.29, 1.82) is 0 Å². The van der Waals surface area contributed by atoms with Gasteiger partial charge in [0.25, 0.3) is 5.91 Å². The number of rotatable bonds is 6. The van der Waals surface area contributed by atoms with Crippen molar-refractivity contribution in [3.8, 4) is 0 Å². The highest BCUT2D eigenvalue weighted by Gasteiger charge is 2.60. The van der Waals surface area contributed by atoms with E-state index in [1.54, 1.807) is 12.1 Å². The summed E-state index contributed by atoms with van der Waals surface area (Å²) >= 11 is 0. The molecule has 2 amide bonds. The molecule has 0 radical (unpaired) electrons. The summed E-state index contributed by atoms with van der Waals surface area (Å²) in [5.41, 5.74) is 1.90. The largest absolute Gasteiger partial charge is 0.354 e. The predicted molar refractivity (Wildman–Crippen MR) is 92.0 cm³/mol. The number of carbonyl (C=O) groups is 2. The molecule has 2 atom stereocenters. The van der Waals surface area contributed by atoms with Crippen molar-refractivity contribution in [2.45, 2.75) is 27.7 Å². The highest BCUT2D eigenvalue weighted by molar-refractivity contribution is 5.94. The molecule has 4 nitrogen and oxygen atoms in total. The van der Waals surface area contributed by atoms with Crippen LogP contribution in [0.2, 0.25) is 0 Å². The van der Waals surface area contributed by atoms with Crippen LogP contribution in [0.5, 0.6) is 0 Å². The van der Waals surface area contributed by atoms with Gasteiger partial charge in [-0.1, -0.05) is 43.7 Å². The van der Waals surface area contributed by atoms with Gasteiger partial charge in [-0.2, -0.15) is 0 Å². The normalized spacial score (nSPS) is 21.2. The van der Waals surface area contributed by atoms with Crippen LogP contribution in [0.1, 0.15) is 38.1 Å². The minimum atomic E-state index is -0.117. The van der Waals surface area contributed by atoms with E-state index in [0.29, 0.717) is 24.6 Å². The Labute approximate surface area is 138 Å². The Morgan fingerprint density at radius 2 is 1.70 bits per heavy atom. The van der Waals surface area contributed by atoms with Crippen molar-refractivity contribution in [1.82, 2.24) is 10.6 Å². The highest BCUT2D eigenvalue weighted by atomic mass is 16.2. The number of hydrogen-bond acceptors (Lipinski definition) is 2. The second-order valence-electron chi connectivity index (χ2n) is 6.98. The van der Waals surface area contributed by atoms with Crippen molar-refractivity contribution >= 4 is 11.8 Å². The van der Waals surface area contributed by atoms with Gasteiger partial charge in [0.1, 0.15) is 0 Å². The summed E-state index contributed by atoms with van der Waals surface area (Å²) in [7, 11) is 0. The van der Waals surface area contributed by atoms with Crippen LogP contribution in [0.4, 0.5) is 0 Å². The summed E-state index contributed by atoms with van der Waals surface area (Å²) in [4.78, 5) is 24.2. The fourth-order valence-corrected chi connectivity index (χ4v) is 3.01. The zero-order chi connectivity index (χ0) is 17.0. The van der Waals surface area contributed by atoms with Gasteiger partial charge in [-0.05, 0) is 37.3 Å². The molecule has 0 heterocycles. The molecule has 1 fully saturated rings. The van der Waals surface area contributed by atoms with E-state index in [4.69, 9.17) is 0 Å². The van der Waals surface area contributed by atoms with Gasteiger partial charge < -0.3 is 10.6 Å². The molecule has 0 aliphatic heterocycles.